The average molecular weight is 428 g/mol. The maximum Gasteiger partial charge on any atom is 0.303 e. The summed E-state index contributed by atoms with van der Waals surface area (Å²) in [7, 11) is 0. The molecule has 0 amide bonds. The Morgan fingerprint density at radius 1 is 1.03 bits per heavy atom. The maximum absolute atomic E-state index is 10.6. The summed E-state index contributed by atoms with van der Waals surface area (Å²) in [5.41, 5.74) is 1.74. The molecule has 0 atom stereocenters. The number of nitrogens with zero attached hydrogens (tertiary/aromatic N) is 3. The molecule has 0 bridgehead atoms. The van der Waals surface area contributed by atoms with Gasteiger partial charge in [0, 0.05) is 37.6 Å². The Labute approximate surface area is 181 Å². The zero-order valence-electron chi connectivity index (χ0n) is 16.9. The second kappa shape index (κ2) is 9.49. The van der Waals surface area contributed by atoms with E-state index in [-0.39, 0.29) is 6.42 Å². The third-order valence-electron chi connectivity index (χ3n) is 5.53. The smallest absolute Gasteiger partial charge is 0.303 e. The minimum absolute atomic E-state index is 0.263. The van der Waals surface area contributed by atoms with Crippen molar-refractivity contribution >= 4 is 29.1 Å². The Hall–Kier alpha value is -2.57. The molecule has 0 aromatic heterocycles. The van der Waals surface area contributed by atoms with E-state index in [1.54, 1.807) is 0 Å². The zero-order chi connectivity index (χ0) is 20.9. The van der Waals surface area contributed by atoms with E-state index in [1.165, 1.54) is 0 Å². The molecular formula is C23H26ClN3O3. The van der Waals surface area contributed by atoms with Crippen LogP contribution in [-0.4, -0.2) is 59.4 Å². The fourth-order valence-electron chi connectivity index (χ4n) is 3.91. The third-order valence-corrected chi connectivity index (χ3v) is 5.77. The highest BCUT2D eigenvalue weighted by molar-refractivity contribution is 6.31. The Kier molecular flexibility index (Phi) is 6.55. The highest BCUT2D eigenvalue weighted by atomic mass is 35.5. The monoisotopic (exact) mass is 427 g/mol. The molecule has 2 aliphatic rings. The number of para-hydroxylation sites is 2. The fourth-order valence-corrected chi connectivity index (χ4v) is 4.08. The van der Waals surface area contributed by atoms with Crippen molar-refractivity contribution in [2.45, 2.75) is 25.7 Å². The summed E-state index contributed by atoms with van der Waals surface area (Å²) in [5.74, 6) is 1.71. The Morgan fingerprint density at radius 3 is 2.63 bits per heavy atom. The van der Waals surface area contributed by atoms with Crippen LogP contribution < -0.4 is 4.74 Å². The number of rotatable bonds is 6. The summed E-state index contributed by atoms with van der Waals surface area (Å²) in [6, 6.07) is 13.5. The van der Waals surface area contributed by atoms with Gasteiger partial charge in [-0.1, -0.05) is 30.2 Å². The number of hydrogen-bond donors (Lipinski definition) is 1. The third kappa shape index (κ3) is 4.94. The van der Waals surface area contributed by atoms with Crippen molar-refractivity contribution in [3.63, 3.8) is 0 Å². The number of piperazine rings is 1. The molecule has 30 heavy (non-hydrogen) atoms. The van der Waals surface area contributed by atoms with Gasteiger partial charge in [-0.25, -0.2) is 4.99 Å². The lowest BCUT2D eigenvalue weighted by molar-refractivity contribution is -0.137. The van der Waals surface area contributed by atoms with Crippen LogP contribution in [0.1, 0.15) is 31.2 Å². The van der Waals surface area contributed by atoms with Gasteiger partial charge in [0.05, 0.1) is 5.56 Å². The van der Waals surface area contributed by atoms with Gasteiger partial charge in [0.1, 0.15) is 17.3 Å². The van der Waals surface area contributed by atoms with Crippen molar-refractivity contribution in [2.24, 2.45) is 4.99 Å². The quantitative estimate of drug-likeness (QED) is 0.671. The largest absolute Gasteiger partial charge is 0.481 e. The SMILES string of the molecule is O=C(O)CCCCCN1CCN(C2=Nc3ccccc3Oc3ccc(Cl)cc32)CC1. The van der Waals surface area contributed by atoms with Gasteiger partial charge in [0.25, 0.3) is 0 Å². The van der Waals surface area contributed by atoms with Crippen LogP contribution in [-0.2, 0) is 4.79 Å². The normalized spacial score (nSPS) is 16.2. The predicted molar refractivity (Wildman–Crippen MR) is 118 cm³/mol. The first-order chi connectivity index (χ1) is 14.6. The molecule has 0 saturated carbocycles. The van der Waals surface area contributed by atoms with Crippen molar-refractivity contribution in [3.8, 4) is 11.5 Å². The van der Waals surface area contributed by atoms with Crippen LogP contribution in [0, 0.1) is 0 Å². The molecule has 6 nitrogen and oxygen atoms in total. The zero-order valence-corrected chi connectivity index (χ0v) is 17.6. The Bertz CT molecular complexity index is 939. The summed E-state index contributed by atoms with van der Waals surface area (Å²) >= 11 is 6.30. The molecule has 0 unspecified atom stereocenters. The number of aliphatic carboxylic acids is 1. The average Bonchev–Trinajstić information content (AvgIpc) is 2.90. The van der Waals surface area contributed by atoms with Gasteiger partial charge in [-0.3, -0.25) is 9.69 Å². The molecule has 1 N–H and O–H groups in total. The Morgan fingerprint density at radius 2 is 1.83 bits per heavy atom. The lowest BCUT2D eigenvalue weighted by Crippen LogP contribution is -2.49. The molecule has 2 aromatic rings. The van der Waals surface area contributed by atoms with Crippen LogP contribution in [0.3, 0.4) is 0 Å². The van der Waals surface area contributed by atoms with Gasteiger partial charge in [-0.15, -0.1) is 0 Å². The van der Waals surface area contributed by atoms with Crippen LogP contribution in [0.4, 0.5) is 5.69 Å². The van der Waals surface area contributed by atoms with Crippen LogP contribution in [0.25, 0.3) is 0 Å². The number of hydrogen-bond acceptors (Lipinski definition) is 5. The summed E-state index contributed by atoms with van der Waals surface area (Å²) in [5, 5.41) is 9.40. The van der Waals surface area contributed by atoms with E-state index >= 15 is 0 Å². The topological polar surface area (TPSA) is 65.4 Å². The molecule has 4 rings (SSSR count). The first-order valence-corrected chi connectivity index (χ1v) is 10.8. The van der Waals surface area contributed by atoms with Crippen molar-refractivity contribution in [1.29, 1.82) is 0 Å². The van der Waals surface area contributed by atoms with E-state index in [0.717, 1.165) is 80.6 Å². The number of amidine groups is 1. The van der Waals surface area contributed by atoms with E-state index < -0.39 is 5.97 Å². The lowest BCUT2D eigenvalue weighted by Gasteiger charge is -2.36. The molecular weight excluding hydrogens is 402 g/mol. The number of unbranched alkanes of at least 4 members (excludes halogenated alkanes) is 2. The molecule has 0 spiro atoms. The van der Waals surface area contributed by atoms with E-state index in [4.69, 9.17) is 26.4 Å². The molecule has 1 fully saturated rings. The summed E-state index contributed by atoms with van der Waals surface area (Å²) < 4.78 is 6.14. The second-order valence-corrected chi connectivity index (χ2v) is 8.12. The number of carboxylic acid groups (broad SMARTS) is 1. The number of aliphatic imine (C=N–C) groups is 1. The summed E-state index contributed by atoms with van der Waals surface area (Å²) in [4.78, 5) is 20.3. The van der Waals surface area contributed by atoms with Gasteiger partial charge in [-0.2, -0.15) is 0 Å². The van der Waals surface area contributed by atoms with E-state index in [0.29, 0.717) is 5.02 Å². The number of fused-ring (bicyclic) bond motifs is 2. The van der Waals surface area contributed by atoms with Gasteiger partial charge in [0.2, 0.25) is 0 Å². The Balaban J connectivity index is 1.44. The van der Waals surface area contributed by atoms with Gasteiger partial charge >= 0.3 is 5.97 Å². The van der Waals surface area contributed by atoms with Crippen molar-refractivity contribution < 1.29 is 14.6 Å². The highest BCUT2D eigenvalue weighted by Crippen LogP contribution is 2.38. The second-order valence-electron chi connectivity index (χ2n) is 7.68. The molecule has 2 heterocycles. The minimum atomic E-state index is -0.710. The first kappa shape index (κ1) is 20.7. The maximum atomic E-state index is 10.6. The molecule has 158 valence electrons. The summed E-state index contributed by atoms with van der Waals surface area (Å²) in [6.07, 6.45) is 3.01. The molecule has 1 saturated heterocycles. The standard InChI is InChI=1S/C23H26ClN3O3/c24-17-9-10-20-18(16-17)23(25-19-6-3-4-7-21(19)30-20)27-14-12-26(13-15-27)11-5-1-2-8-22(28)29/h3-4,6-7,9-10,16H,1-2,5,8,11-15H2,(H,28,29). The summed E-state index contributed by atoms with van der Waals surface area (Å²) in [6.45, 7) is 4.67. The van der Waals surface area contributed by atoms with Gasteiger partial charge < -0.3 is 14.7 Å². The molecule has 2 aromatic carbocycles. The highest BCUT2D eigenvalue weighted by Gasteiger charge is 2.26. The van der Waals surface area contributed by atoms with Gasteiger partial charge in [-0.05, 0) is 49.7 Å². The molecule has 0 aliphatic carbocycles. The van der Waals surface area contributed by atoms with E-state index in [1.807, 2.05) is 42.5 Å². The number of benzene rings is 2. The van der Waals surface area contributed by atoms with Crippen LogP contribution in [0.15, 0.2) is 47.5 Å². The van der Waals surface area contributed by atoms with Crippen molar-refractivity contribution in [1.82, 2.24) is 9.80 Å². The van der Waals surface area contributed by atoms with Crippen molar-refractivity contribution in [3.05, 3.63) is 53.1 Å². The minimum Gasteiger partial charge on any atom is -0.481 e. The number of ether oxygens (including phenoxy) is 1. The number of halogens is 1. The predicted octanol–water partition coefficient (Wildman–Crippen LogP) is 4.79. The molecule has 2 aliphatic heterocycles. The molecule has 0 radical (unpaired) electrons. The van der Waals surface area contributed by atoms with Crippen LogP contribution >= 0.6 is 11.6 Å². The van der Waals surface area contributed by atoms with E-state index in [2.05, 4.69) is 9.80 Å². The van der Waals surface area contributed by atoms with Crippen molar-refractivity contribution in [2.75, 3.05) is 32.7 Å². The first-order valence-electron chi connectivity index (χ1n) is 10.4. The van der Waals surface area contributed by atoms with Crippen LogP contribution in [0.5, 0.6) is 11.5 Å². The number of carbonyl (C=O) groups is 1. The fraction of sp³-hybridized carbons (Fsp3) is 0.391. The van der Waals surface area contributed by atoms with Crippen LogP contribution in [0.2, 0.25) is 5.02 Å². The van der Waals surface area contributed by atoms with Gasteiger partial charge in [0.15, 0.2) is 5.75 Å². The number of carboxylic acids is 1. The lowest BCUT2D eigenvalue weighted by atomic mass is 10.1. The van der Waals surface area contributed by atoms with E-state index in [9.17, 15) is 4.79 Å². The molecule has 7 heteroatoms.